The Kier molecular flexibility index (Phi) is 15.4. The predicted molar refractivity (Wildman–Crippen MR) is 181 cm³/mol. The van der Waals surface area contributed by atoms with Crippen LogP contribution in [-0.4, -0.2) is 103 Å². The SMILES string of the molecule is COc1ccc(C(=O)c2noc(CN3CCN(C(c4ccccc4)c4ccccc4)CC3)n2)cc1.O=C(O)/C=C\C(=O)O.O=C(O)/C=C\C(=O)O. The molecule has 0 aliphatic carbocycles. The summed E-state index contributed by atoms with van der Waals surface area (Å²) in [6, 6.07) is 28.4. The summed E-state index contributed by atoms with van der Waals surface area (Å²) in [6.07, 6.45) is 2.23. The molecule has 51 heavy (non-hydrogen) atoms. The van der Waals surface area contributed by atoms with E-state index < -0.39 is 23.9 Å². The van der Waals surface area contributed by atoms with Crippen molar-refractivity contribution >= 4 is 29.7 Å². The van der Waals surface area contributed by atoms with Crippen molar-refractivity contribution in [3.05, 3.63) is 138 Å². The predicted octanol–water partition coefficient (Wildman–Crippen LogP) is 3.64. The lowest BCUT2D eigenvalue weighted by Crippen LogP contribution is -2.47. The zero-order valence-corrected chi connectivity index (χ0v) is 27.4. The Morgan fingerprint density at radius 1 is 0.706 bits per heavy atom. The van der Waals surface area contributed by atoms with Gasteiger partial charge in [-0.3, -0.25) is 14.6 Å². The van der Waals surface area contributed by atoms with E-state index in [-0.39, 0.29) is 17.6 Å². The van der Waals surface area contributed by atoms with E-state index in [2.05, 4.69) is 80.6 Å². The van der Waals surface area contributed by atoms with Gasteiger partial charge in [-0.05, 0) is 35.4 Å². The van der Waals surface area contributed by atoms with Crippen LogP contribution in [0.25, 0.3) is 0 Å². The number of carbonyl (C=O) groups excluding carboxylic acids is 1. The fourth-order valence-corrected chi connectivity index (χ4v) is 4.82. The van der Waals surface area contributed by atoms with Gasteiger partial charge < -0.3 is 29.7 Å². The van der Waals surface area contributed by atoms with Crippen molar-refractivity contribution in [1.29, 1.82) is 0 Å². The molecule has 0 bridgehead atoms. The van der Waals surface area contributed by atoms with Crippen LogP contribution in [0.3, 0.4) is 0 Å². The molecule has 1 fully saturated rings. The monoisotopic (exact) mass is 700 g/mol. The number of aromatic nitrogens is 2. The van der Waals surface area contributed by atoms with E-state index in [0.29, 0.717) is 48.1 Å². The third-order valence-electron chi connectivity index (χ3n) is 7.12. The van der Waals surface area contributed by atoms with Crippen LogP contribution in [-0.2, 0) is 25.7 Å². The van der Waals surface area contributed by atoms with E-state index in [1.807, 2.05) is 0 Å². The Labute approximate surface area is 292 Å². The molecule has 15 heteroatoms. The minimum Gasteiger partial charge on any atom is -0.497 e. The molecule has 1 saturated heterocycles. The van der Waals surface area contributed by atoms with Crippen molar-refractivity contribution in [3.63, 3.8) is 0 Å². The summed E-state index contributed by atoms with van der Waals surface area (Å²) >= 11 is 0. The van der Waals surface area contributed by atoms with E-state index in [9.17, 15) is 24.0 Å². The summed E-state index contributed by atoms with van der Waals surface area (Å²) < 4.78 is 10.6. The number of carboxylic acids is 4. The maximum atomic E-state index is 12.7. The van der Waals surface area contributed by atoms with Crippen LogP contribution in [0.1, 0.15) is 39.2 Å². The van der Waals surface area contributed by atoms with Gasteiger partial charge in [0.1, 0.15) is 5.75 Å². The van der Waals surface area contributed by atoms with Gasteiger partial charge in [0.15, 0.2) is 0 Å². The minimum atomic E-state index is -1.26. The standard InChI is InChI=1S/C28H28N4O3.2C4H4O4/c1-34-24-14-12-23(13-15-24)27(33)28-29-25(35-30-28)20-31-16-18-32(19-17-31)26(21-8-4-2-5-9-21)22-10-6-3-7-11-22;2*5-3(6)1-2-4(7)8/h2-15,26H,16-20H2,1H3;2*1-2H,(H,5,6)(H,7,8)/b;2*2-1-. The molecule has 0 saturated carbocycles. The topological polar surface area (TPSA) is 221 Å². The van der Waals surface area contributed by atoms with Crippen LogP contribution in [0.4, 0.5) is 0 Å². The highest BCUT2D eigenvalue weighted by molar-refractivity contribution is 6.06. The number of ether oxygens (including phenoxy) is 1. The van der Waals surface area contributed by atoms with E-state index >= 15 is 0 Å². The van der Waals surface area contributed by atoms with Gasteiger partial charge in [-0.25, -0.2) is 19.2 Å². The second kappa shape index (κ2) is 20.2. The molecule has 0 atom stereocenters. The average molecular weight is 701 g/mol. The first kappa shape index (κ1) is 39.0. The molecule has 4 N–H and O–H groups in total. The van der Waals surface area contributed by atoms with Crippen LogP contribution in [0.2, 0.25) is 0 Å². The summed E-state index contributed by atoms with van der Waals surface area (Å²) in [7, 11) is 1.59. The number of benzene rings is 3. The van der Waals surface area contributed by atoms with Gasteiger partial charge in [0, 0.05) is 56.0 Å². The highest BCUT2D eigenvalue weighted by atomic mass is 16.5. The maximum Gasteiger partial charge on any atom is 0.328 e. The molecule has 2 heterocycles. The van der Waals surface area contributed by atoms with Gasteiger partial charge in [-0.15, -0.1) is 0 Å². The van der Waals surface area contributed by atoms with E-state index in [0.717, 1.165) is 26.2 Å². The molecule has 4 aromatic rings. The van der Waals surface area contributed by atoms with Crippen LogP contribution in [0.15, 0.2) is 114 Å². The Morgan fingerprint density at radius 2 is 1.16 bits per heavy atom. The normalized spacial score (nSPS) is 13.1. The fourth-order valence-electron chi connectivity index (χ4n) is 4.82. The van der Waals surface area contributed by atoms with Crippen molar-refractivity contribution in [1.82, 2.24) is 19.9 Å². The number of methoxy groups -OCH3 is 1. The lowest BCUT2D eigenvalue weighted by Gasteiger charge is -2.39. The number of nitrogens with zero attached hydrogens (tertiary/aromatic N) is 4. The molecular weight excluding hydrogens is 664 g/mol. The molecule has 0 spiro atoms. The van der Waals surface area contributed by atoms with Crippen molar-refractivity contribution in [2.75, 3.05) is 33.3 Å². The summed E-state index contributed by atoms with van der Waals surface area (Å²) in [5, 5.41) is 35.2. The van der Waals surface area contributed by atoms with Gasteiger partial charge in [-0.2, -0.15) is 4.98 Å². The van der Waals surface area contributed by atoms with Crippen molar-refractivity contribution in [2.24, 2.45) is 0 Å². The van der Waals surface area contributed by atoms with Gasteiger partial charge in [0.25, 0.3) is 0 Å². The summed E-state index contributed by atoms with van der Waals surface area (Å²) in [5.74, 6) is -4.06. The number of rotatable bonds is 12. The molecule has 0 radical (unpaired) electrons. The minimum absolute atomic E-state index is 0.0806. The van der Waals surface area contributed by atoms with Gasteiger partial charge >= 0.3 is 23.9 Å². The first-order valence-electron chi connectivity index (χ1n) is 15.3. The highest BCUT2D eigenvalue weighted by Crippen LogP contribution is 2.29. The Hall–Kier alpha value is -6.45. The van der Waals surface area contributed by atoms with E-state index in [1.165, 1.54) is 11.1 Å². The average Bonchev–Trinajstić information content (AvgIpc) is 3.60. The quantitative estimate of drug-likeness (QED) is 0.122. The van der Waals surface area contributed by atoms with Crippen molar-refractivity contribution in [2.45, 2.75) is 12.6 Å². The number of carbonyl (C=O) groups is 5. The summed E-state index contributed by atoms with van der Waals surface area (Å²) in [4.78, 5) is 60.1. The number of aliphatic carboxylic acids is 4. The van der Waals surface area contributed by atoms with Crippen molar-refractivity contribution < 1.29 is 53.7 Å². The Bertz CT molecular complexity index is 1690. The number of ketones is 1. The van der Waals surface area contributed by atoms with Crippen molar-refractivity contribution in [3.8, 4) is 5.75 Å². The summed E-state index contributed by atoms with van der Waals surface area (Å²) in [6.45, 7) is 4.11. The van der Waals surface area contributed by atoms with E-state index in [4.69, 9.17) is 29.7 Å². The largest absolute Gasteiger partial charge is 0.497 e. The van der Waals surface area contributed by atoms with Gasteiger partial charge in [0.05, 0.1) is 19.7 Å². The molecule has 1 aromatic heterocycles. The molecule has 0 unspecified atom stereocenters. The van der Waals surface area contributed by atoms with Gasteiger partial charge in [0.2, 0.25) is 17.5 Å². The Morgan fingerprint density at radius 3 is 1.57 bits per heavy atom. The lowest BCUT2D eigenvalue weighted by atomic mass is 9.96. The third kappa shape index (κ3) is 13.5. The number of hydrogen-bond acceptors (Lipinski definition) is 11. The smallest absolute Gasteiger partial charge is 0.328 e. The number of carboxylic acid groups (broad SMARTS) is 4. The first-order valence-corrected chi connectivity index (χ1v) is 15.3. The molecule has 15 nitrogen and oxygen atoms in total. The van der Waals surface area contributed by atoms with Gasteiger partial charge in [-0.1, -0.05) is 65.8 Å². The maximum absolute atomic E-state index is 12.7. The molecule has 3 aromatic carbocycles. The molecule has 1 aliphatic heterocycles. The molecule has 1 aliphatic rings. The van der Waals surface area contributed by atoms with Crippen LogP contribution in [0.5, 0.6) is 5.75 Å². The fraction of sp³-hybridized carbons (Fsp3) is 0.194. The lowest BCUT2D eigenvalue weighted by molar-refractivity contribution is -0.134. The van der Waals surface area contributed by atoms with Crippen LogP contribution in [0, 0.1) is 0 Å². The first-order chi connectivity index (χ1) is 24.5. The zero-order valence-electron chi connectivity index (χ0n) is 27.4. The van der Waals surface area contributed by atoms with Crippen LogP contribution >= 0.6 is 0 Å². The van der Waals surface area contributed by atoms with Crippen LogP contribution < -0.4 is 4.74 Å². The second-order valence-corrected chi connectivity index (χ2v) is 10.6. The summed E-state index contributed by atoms with van der Waals surface area (Å²) in [5.41, 5.74) is 3.09. The second-order valence-electron chi connectivity index (χ2n) is 10.6. The zero-order chi connectivity index (χ0) is 37.2. The molecular formula is C36H36N4O11. The molecule has 0 amide bonds. The number of piperazine rings is 1. The Balaban J connectivity index is 0.000000366. The highest BCUT2D eigenvalue weighted by Gasteiger charge is 2.27. The molecule has 5 rings (SSSR count). The number of hydrogen-bond donors (Lipinski definition) is 4. The third-order valence-corrected chi connectivity index (χ3v) is 7.12. The molecule has 266 valence electrons. The van der Waals surface area contributed by atoms with E-state index in [1.54, 1.807) is 31.4 Å².